The van der Waals surface area contributed by atoms with Gasteiger partial charge in [0.1, 0.15) is 5.75 Å². The normalized spacial score (nSPS) is 10.8. The maximum Gasteiger partial charge on any atom is 0.488 e. The largest absolute Gasteiger partial charge is 0.497 e. The average molecular weight is 265 g/mol. The summed E-state index contributed by atoms with van der Waals surface area (Å²) in [4.78, 5) is 2.32. The Morgan fingerprint density at radius 2 is 1.79 bits per heavy atom. The number of benzene rings is 1. The summed E-state index contributed by atoms with van der Waals surface area (Å²) in [6, 6.07) is 5.35. The van der Waals surface area contributed by atoms with Crippen LogP contribution in [0.25, 0.3) is 0 Å². The number of hydrogen-bond acceptors (Lipinski definition) is 4. The van der Waals surface area contributed by atoms with Gasteiger partial charge in [-0.2, -0.15) is 0 Å². The van der Waals surface area contributed by atoms with Gasteiger partial charge in [0.15, 0.2) is 0 Å². The van der Waals surface area contributed by atoms with Crippen molar-refractivity contribution in [3.63, 3.8) is 0 Å². The summed E-state index contributed by atoms with van der Waals surface area (Å²) in [5, 5.41) is 18.9. The van der Waals surface area contributed by atoms with E-state index in [0.717, 1.165) is 37.2 Å². The third kappa shape index (κ3) is 4.86. The Labute approximate surface area is 116 Å². The predicted octanol–water partition coefficient (Wildman–Crippen LogP) is 0.997. The molecular formula is C14H24BNO3. The fraction of sp³-hybridized carbons (Fsp3) is 0.571. The van der Waals surface area contributed by atoms with Crippen molar-refractivity contribution in [2.24, 2.45) is 0 Å². The summed E-state index contributed by atoms with van der Waals surface area (Å²) in [6.07, 6.45) is 2.17. The molecule has 0 aliphatic carbocycles. The van der Waals surface area contributed by atoms with Crippen molar-refractivity contribution < 1.29 is 14.8 Å². The maximum absolute atomic E-state index is 9.44. The van der Waals surface area contributed by atoms with Crippen LogP contribution in [0.3, 0.4) is 0 Å². The fourth-order valence-corrected chi connectivity index (χ4v) is 2.24. The lowest BCUT2D eigenvalue weighted by Crippen LogP contribution is -2.36. The molecule has 0 radical (unpaired) electrons. The Bertz CT molecular complexity index is 379. The molecule has 0 fully saturated rings. The van der Waals surface area contributed by atoms with Crippen LogP contribution < -0.4 is 10.2 Å². The third-order valence-corrected chi connectivity index (χ3v) is 3.10. The van der Waals surface area contributed by atoms with Gasteiger partial charge < -0.3 is 14.8 Å². The van der Waals surface area contributed by atoms with Crippen molar-refractivity contribution in [2.45, 2.75) is 33.2 Å². The molecule has 0 atom stereocenters. The molecule has 5 heteroatoms. The van der Waals surface area contributed by atoms with Crippen molar-refractivity contribution in [3.05, 3.63) is 23.8 Å². The molecule has 0 aliphatic rings. The molecular weight excluding hydrogens is 241 g/mol. The molecule has 0 aromatic heterocycles. The van der Waals surface area contributed by atoms with Crippen LogP contribution in [0.5, 0.6) is 5.75 Å². The topological polar surface area (TPSA) is 52.9 Å². The highest BCUT2D eigenvalue weighted by Crippen LogP contribution is 2.14. The van der Waals surface area contributed by atoms with E-state index in [-0.39, 0.29) is 0 Å². The number of rotatable bonds is 8. The van der Waals surface area contributed by atoms with Gasteiger partial charge in [-0.1, -0.05) is 19.9 Å². The van der Waals surface area contributed by atoms with Crippen LogP contribution in [0.1, 0.15) is 32.3 Å². The summed E-state index contributed by atoms with van der Waals surface area (Å²) >= 11 is 0. The predicted molar refractivity (Wildman–Crippen MR) is 78.7 cm³/mol. The van der Waals surface area contributed by atoms with Crippen LogP contribution in [-0.2, 0) is 6.54 Å². The standard InChI is InChI=1S/C14H24BNO3/c1-4-8-16(9-5-2)11-12-10-13(19-3)6-7-14(12)15(17)18/h6-7,10,17-18H,4-5,8-9,11H2,1-3H3. The Hall–Kier alpha value is -1.04. The number of ether oxygens (including phenoxy) is 1. The Morgan fingerprint density at radius 1 is 1.16 bits per heavy atom. The number of methoxy groups -OCH3 is 1. The molecule has 0 saturated heterocycles. The lowest BCUT2D eigenvalue weighted by atomic mass is 9.77. The molecule has 4 nitrogen and oxygen atoms in total. The summed E-state index contributed by atoms with van der Waals surface area (Å²) < 4.78 is 5.21. The first-order chi connectivity index (χ1) is 9.12. The smallest absolute Gasteiger partial charge is 0.488 e. The van der Waals surface area contributed by atoms with Crippen LogP contribution in [0.2, 0.25) is 0 Å². The van der Waals surface area contributed by atoms with Gasteiger partial charge in [-0.3, -0.25) is 4.90 Å². The molecule has 1 aromatic carbocycles. The van der Waals surface area contributed by atoms with E-state index in [1.165, 1.54) is 0 Å². The van der Waals surface area contributed by atoms with E-state index < -0.39 is 7.12 Å². The van der Waals surface area contributed by atoms with Crippen LogP contribution >= 0.6 is 0 Å². The summed E-state index contributed by atoms with van der Waals surface area (Å²) in [5.41, 5.74) is 1.47. The number of nitrogens with zero attached hydrogens (tertiary/aromatic N) is 1. The van der Waals surface area contributed by atoms with Crippen LogP contribution in [-0.4, -0.2) is 42.3 Å². The van der Waals surface area contributed by atoms with Gasteiger partial charge >= 0.3 is 7.12 Å². The Balaban J connectivity index is 2.94. The van der Waals surface area contributed by atoms with E-state index >= 15 is 0 Å². The molecule has 0 heterocycles. The van der Waals surface area contributed by atoms with Crippen molar-refractivity contribution in [3.8, 4) is 5.75 Å². The van der Waals surface area contributed by atoms with E-state index in [1.807, 2.05) is 6.07 Å². The second-order valence-corrected chi connectivity index (χ2v) is 4.71. The van der Waals surface area contributed by atoms with Gasteiger partial charge in [0.2, 0.25) is 0 Å². The van der Waals surface area contributed by atoms with Crippen LogP contribution in [0.4, 0.5) is 0 Å². The first-order valence-corrected chi connectivity index (χ1v) is 6.87. The SMILES string of the molecule is CCCN(CCC)Cc1cc(OC)ccc1B(O)O. The van der Waals surface area contributed by atoms with E-state index in [1.54, 1.807) is 19.2 Å². The van der Waals surface area contributed by atoms with Gasteiger partial charge in [-0.05, 0) is 49.1 Å². The van der Waals surface area contributed by atoms with E-state index in [9.17, 15) is 10.0 Å². The average Bonchev–Trinajstić information content (AvgIpc) is 2.38. The van der Waals surface area contributed by atoms with Crippen LogP contribution in [0, 0.1) is 0 Å². The minimum atomic E-state index is -1.44. The second kappa shape index (κ2) is 8.20. The Morgan fingerprint density at radius 3 is 2.26 bits per heavy atom. The monoisotopic (exact) mass is 265 g/mol. The summed E-state index contributed by atoms with van der Waals surface area (Å²) in [7, 11) is 0.176. The van der Waals surface area contributed by atoms with Gasteiger partial charge in [0.05, 0.1) is 7.11 Å². The van der Waals surface area contributed by atoms with Gasteiger partial charge in [-0.15, -0.1) is 0 Å². The minimum absolute atomic E-state index is 0.554. The first-order valence-electron chi connectivity index (χ1n) is 6.87. The molecule has 0 aliphatic heterocycles. The van der Waals surface area contributed by atoms with E-state index in [4.69, 9.17) is 4.74 Å². The lowest BCUT2D eigenvalue weighted by Gasteiger charge is -2.23. The zero-order valence-electron chi connectivity index (χ0n) is 12.1. The quantitative estimate of drug-likeness (QED) is 0.688. The van der Waals surface area contributed by atoms with Gasteiger partial charge in [0.25, 0.3) is 0 Å². The zero-order valence-corrected chi connectivity index (χ0v) is 12.1. The third-order valence-electron chi connectivity index (χ3n) is 3.10. The van der Waals surface area contributed by atoms with Crippen molar-refractivity contribution in [1.82, 2.24) is 4.90 Å². The van der Waals surface area contributed by atoms with Crippen molar-refractivity contribution >= 4 is 12.6 Å². The summed E-state index contributed by atoms with van der Waals surface area (Å²) in [5.74, 6) is 0.743. The lowest BCUT2D eigenvalue weighted by molar-refractivity contribution is 0.266. The van der Waals surface area contributed by atoms with Gasteiger partial charge in [-0.25, -0.2) is 0 Å². The highest BCUT2D eigenvalue weighted by molar-refractivity contribution is 6.59. The highest BCUT2D eigenvalue weighted by Gasteiger charge is 2.18. The molecule has 1 rings (SSSR count). The molecule has 0 amide bonds. The molecule has 1 aromatic rings. The molecule has 0 unspecified atom stereocenters. The van der Waals surface area contributed by atoms with E-state index in [0.29, 0.717) is 12.0 Å². The fourth-order valence-electron chi connectivity index (χ4n) is 2.24. The molecule has 2 N–H and O–H groups in total. The molecule has 19 heavy (non-hydrogen) atoms. The highest BCUT2D eigenvalue weighted by atomic mass is 16.5. The number of hydrogen-bond donors (Lipinski definition) is 2. The van der Waals surface area contributed by atoms with Crippen molar-refractivity contribution in [1.29, 1.82) is 0 Å². The zero-order chi connectivity index (χ0) is 14.3. The molecule has 0 bridgehead atoms. The molecule has 0 spiro atoms. The maximum atomic E-state index is 9.44. The van der Waals surface area contributed by atoms with Gasteiger partial charge in [0, 0.05) is 6.54 Å². The summed E-state index contributed by atoms with van der Waals surface area (Å²) in [6.45, 7) is 7.02. The molecule has 0 saturated carbocycles. The second-order valence-electron chi connectivity index (χ2n) is 4.71. The molecule has 106 valence electrons. The Kier molecular flexibility index (Phi) is 6.91. The van der Waals surface area contributed by atoms with Crippen LogP contribution in [0.15, 0.2) is 18.2 Å². The van der Waals surface area contributed by atoms with Crippen molar-refractivity contribution in [2.75, 3.05) is 20.2 Å². The first kappa shape index (κ1) is 16.0. The van der Waals surface area contributed by atoms with E-state index in [2.05, 4.69) is 18.7 Å². The minimum Gasteiger partial charge on any atom is -0.497 e.